The fourth-order valence-electron chi connectivity index (χ4n) is 2.95. The molecule has 0 aliphatic carbocycles. The molecule has 0 unspecified atom stereocenters. The van der Waals surface area contributed by atoms with Gasteiger partial charge in [-0.25, -0.2) is 0 Å². The van der Waals surface area contributed by atoms with Crippen LogP contribution in [0.2, 0.25) is 0 Å². The zero-order chi connectivity index (χ0) is 21.1. The van der Waals surface area contributed by atoms with Crippen LogP contribution >= 0.6 is 61.1 Å². The molecule has 3 aromatic carbocycles. The molecule has 0 fully saturated rings. The molecule has 1 heterocycles. The molecule has 7 heteroatoms. The van der Waals surface area contributed by atoms with Crippen molar-refractivity contribution in [3.8, 4) is 23.3 Å². The first-order valence-electron chi connectivity index (χ1n) is 8.91. The van der Waals surface area contributed by atoms with Gasteiger partial charge in [0.05, 0.1) is 18.8 Å². The summed E-state index contributed by atoms with van der Waals surface area (Å²) in [7, 11) is 0. The molecule has 4 rings (SSSR count). The molecule has 0 atom stereocenters. The van der Waals surface area contributed by atoms with E-state index in [1.807, 2.05) is 60.7 Å². The van der Waals surface area contributed by atoms with Crippen molar-refractivity contribution in [2.24, 2.45) is 0 Å². The van der Waals surface area contributed by atoms with Crippen molar-refractivity contribution in [2.75, 3.05) is 6.79 Å². The molecule has 0 spiro atoms. The monoisotopic (exact) mass is 685 g/mol. The summed E-state index contributed by atoms with van der Waals surface area (Å²) in [6.45, 7) is 0.706. The molecule has 150 valence electrons. The van der Waals surface area contributed by atoms with E-state index in [0.29, 0.717) is 23.7 Å². The number of benzene rings is 3. The van der Waals surface area contributed by atoms with Gasteiger partial charge >= 0.3 is 0 Å². The van der Waals surface area contributed by atoms with Crippen molar-refractivity contribution >= 4 is 72.8 Å². The molecule has 0 N–H and O–H groups in total. The quantitative estimate of drug-likeness (QED) is 0.165. The average molecular weight is 686 g/mol. The summed E-state index contributed by atoms with van der Waals surface area (Å²) in [5.74, 6) is 2.21. The SMILES string of the molecule is N#C/C(=C/c1cc(I)c(OCc2ccc(Br)cc2)c(I)c1)c1ccc2c(c1)OCO2. The summed E-state index contributed by atoms with van der Waals surface area (Å²) in [6.07, 6.45) is 1.88. The number of halogens is 3. The van der Waals surface area contributed by atoms with Crippen LogP contribution in [0.25, 0.3) is 11.6 Å². The summed E-state index contributed by atoms with van der Waals surface area (Å²) in [6, 6.07) is 19.9. The maximum atomic E-state index is 9.69. The van der Waals surface area contributed by atoms with Gasteiger partial charge in [-0.15, -0.1) is 0 Å². The Labute approximate surface area is 210 Å². The van der Waals surface area contributed by atoms with Crippen molar-refractivity contribution < 1.29 is 14.2 Å². The second-order valence-corrected chi connectivity index (χ2v) is 9.71. The molecule has 0 saturated heterocycles. The largest absolute Gasteiger partial charge is 0.487 e. The van der Waals surface area contributed by atoms with Crippen molar-refractivity contribution in [3.63, 3.8) is 0 Å². The smallest absolute Gasteiger partial charge is 0.231 e. The molecular weight excluding hydrogens is 672 g/mol. The van der Waals surface area contributed by atoms with Crippen LogP contribution in [0.5, 0.6) is 17.2 Å². The Morgan fingerprint density at radius 2 is 1.73 bits per heavy atom. The van der Waals surface area contributed by atoms with Crippen molar-refractivity contribution in [1.82, 2.24) is 0 Å². The Bertz CT molecular complexity index is 1150. The van der Waals surface area contributed by atoms with Gasteiger partial charge in [-0.05, 0) is 110 Å². The number of rotatable bonds is 5. The molecule has 0 bridgehead atoms. The highest BCUT2D eigenvalue weighted by Crippen LogP contribution is 2.35. The molecule has 3 aromatic rings. The maximum absolute atomic E-state index is 9.69. The summed E-state index contributed by atoms with van der Waals surface area (Å²) in [4.78, 5) is 0. The van der Waals surface area contributed by atoms with Gasteiger partial charge in [0.15, 0.2) is 11.5 Å². The lowest BCUT2D eigenvalue weighted by Gasteiger charge is -2.12. The zero-order valence-corrected chi connectivity index (χ0v) is 21.4. The minimum absolute atomic E-state index is 0.211. The first kappa shape index (κ1) is 21.5. The topological polar surface area (TPSA) is 51.5 Å². The number of nitriles is 1. The molecule has 1 aliphatic rings. The number of hydrogen-bond acceptors (Lipinski definition) is 4. The van der Waals surface area contributed by atoms with E-state index in [0.717, 1.165) is 34.1 Å². The Morgan fingerprint density at radius 3 is 2.43 bits per heavy atom. The minimum atomic E-state index is 0.211. The Morgan fingerprint density at radius 1 is 1.03 bits per heavy atom. The number of hydrogen-bond donors (Lipinski definition) is 0. The third kappa shape index (κ3) is 4.92. The Kier molecular flexibility index (Phi) is 6.85. The lowest BCUT2D eigenvalue weighted by atomic mass is 10.0. The normalized spacial score (nSPS) is 12.5. The lowest BCUT2D eigenvalue weighted by Crippen LogP contribution is -1.99. The van der Waals surface area contributed by atoms with Gasteiger partial charge in [0.2, 0.25) is 6.79 Å². The van der Waals surface area contributed by atoms with Crippen LogP contribution in [-0.2, 0) is 6.61 Å². The summed E-state index contributed by atoms with van der Waals surface area (Å²) < 4.78 is 19.9. The van der Waals surface area contributed by atoms with Gasteiger partial charge in [-0.2, -0.15) is 5.26 Å². The summed E-state index contributed by atoms with van der Waals surface area (Å²) in [5, 5.41) is 9.69. The fraction of sp³-hybridized carbons (Fsp3) is 0.0870. The Balaban J connectivity index is 1.57. The molecule has 4 nitrogen and oxygen atoms in total. The van der Waals surface area contributed by atoms with Crippen LogP contribution in [-0.4, -0.2) is 6.79 Å². The van der Waals surface area contributed by atoms with Crippen LogP contribution in [0.4, 0.5) is 0 Å². The van der Waals surface area contributed by atoms with Crippen LogP contribution in [0.15, 0.2) is 59.1 Å². The molecule has 0 amide bonds. The van der Waals surface area contributed by atoms with E-state index in [9.17, 15) is 5.26 Å². The first-order chi connectivity index (χ1) is 14.5. The van der Waals surface area contributed by atoms with E-state index in [-0.39, 0.29) is 6.79 Å². The third-order valence-corrected chi connectivity index (χ3v) is 6.56. The molecule has 1 aliphatic heterocycles. The van der Waals surface area contributed by atoms with Crippen LogP contribution < -0.4 is 14.2 Å². The van der Waals surface area contributed by atoms with Crippen LogP contribution in [0.1, 0.15) is 16.7 Å². The molecule has 30 heavy (non-hydrogen) atoms. The van der Waals surface area contributed by atoms with Gasteiger partial charge in [-0.3, -0.25) is 0 Å². The van der Waals surface area contributed by atoms with Gasteiger partial charge in [0, 0.05) is 4.47 Å². The van der Waals surface area contributed by atoms with Gasteiger partial charge < -0.3 is 14.2 Å². The van der Waals surface area contributed by atoms with Crippen molar-refractivity contribution in [2.45, 2.75) is 6.61 Å². The maximum Gasteiger partial charge on any atom is 0.231 e. The van der Waals surface area contributed by atoms with E-state index >= 15 is 0 Å². The number of allylic oxidation sites excluding steroid dienone is 1. The molecule has 0 saturated carbocycles. The number of ether oxygens (including phenoxy) is 3. The highest BCUT2D eigenvalue weighted by atomic mass is 127. The van der Waals surface area contributed by atoms with E-state index < -0.39 is 0 Å². The van der Waals surface area contributed by atoms with Crippen molar-refractivity contribution in [3.05, 3.63) is 82.9 Å². The van der Waals surface area contributed by atoms with Crippen LogP contribution in [0.3, 0.4) is 0 Å². The second kappa shape index (κ2) is 9.58. The zero-order valence-electron chi connectivity index (χ0n) is 15.5. The average Bonchev–Trinajstić information content (AvgIpc) is 3.20. The number of fused-ring (bicyclic) bond motifs is 1. The van der Waals surface area contributed by atoms with Gasteiger partial charge in [0.25, 0.3) is 0 Å². The van der Waals surface area contributed by atoms with Crippen molar-refractivity contribution in [1.29, 1.82) is 5.26 Å². The highest BCUT2D eigenvalue weighted by molar-refractivity contribution is 14.1. The Hall–Kier alpha value is -1.77. The van der Waals surface area contributed by atoms with E-state index in [1.54, 1.807) is 0 Å². The highest BCUT2D eigenvalue weighted by Gasteiger charge is 2.15. The lowest BCUT2D eigenvalue weighted by molar-refractivity contribution is 0.174. The standard InChI is InChI=1S/C23H14BrI2NO3/c24-18-4-1-14(2-5-18)12-28-23-19(25)8-15(9-20(23)26)7-17(11-27)16-3-6-21-22(10-16)30-13-29-21/h1-10H,12-13H2/b17-7-. The number of nitrogens with zero attached hydrogens (tertiary/aromatic N) is 1. The van der Waals surface area contributed by atoms with Gasteiger partial charge in [0.1, 0.15) is 12.4 Å². The molecular formula is C23H14BrI2NO3. The summed E-state index contributed by atoms with van der Waals surface area (Å²) in [5.41, 5.74) is 3.39. The van der Waals surface area contributed by atoms with Gasteiger partial charge in [-0.1, -0.05) is 28.1 Å². The second-order valence-electron chi connectivity index (χ2n) is 6.47. The predicted octanol–water partition coefficient (Wildman–Crippen LogP) is 7.03. The predicted molar refractivity (Wildman–Crippen MR) is 136 cm³/mol. The fourth-order valence-corrected chi connectivity index (χ4v) is 5.34. The van der Waals surface area contributed by atoms with E-state index in [2.05, 4.69) is 67.2 Å². The van der Waals surface area contributed by atoms with E-state index in [1.165, 1.54) is 0 Å². The summed E-state index contributed by atoms with van der Waals surface area (Å²) >= 11 is 7.99. The third-order valence-electron chi connectivity index (χ3n) is 4.43. The molecule has 0 aromatic heterocycles. The van der Waals surface area contributed by atoms with E-state index in [4.69, 9.17) is 14.2 Å². The minimum Gasteiger partial charge on any atom is -0.487 e. The first-order valence-corrected chi connectivity index (χ1v) is 11.9. The van der Waals surface area contributed by atoms with Crippen LogP contribution in [0, 0.1) is 18.5 Å². The molecule has 0 radical (unpaired) electrons.